The van der Waals surface area contributed by atoms with E-state index in [4.69, 9.17) is 21.7 Å². The fourth-order valence-corrected chi connectivity index (χ4v) is 2.98. The van der Waals surface area contributed by atoms with Gasteiger partial charge in [0.15, 0.2) is 16.6 Å². The van der Waals surface area contributed by atoms with Gasteiger partial charge in [-0.15, -0.1) is 0 Å². The van der Waals surface area contributed by atoms with E-state index in [2.05, 4.69) is 5.32 Å². The average Bonchev–Trinajstić information content (AvgIpc) is 2.67. The lowest BCUT2D eigenvalue weighted by Gasteiger charge is -2.29. The summed E-state index contributed by atoms with van der Waals surface area (Å²) in [7, 11) is 1.41. The van der Waals surface area contributed by atoms with Gasteiger partial charge in [0, 0.05) is 0 Å². The van der Waals surface area contributed by atoms with Crippen LogP contribution in [0.5, 0.6) is 17.2 Å². The normalized spacial score (nSPS) is 15.6. The zero-order valence-electron chi connectivity index (χ0n) is 15.3. The topological polar surface area (TPSA) is 88.1 Å². The quantitative estimate of drug-likeness (QED) is 0.457. The molecule has 1 saturated heterocycles. The van der Waals surface area contributed by atoms with Crippen LogP contribution < -0.4 is 19.7 Å². The molecule has 0 unspecified atom stereocenters. The highest BCUT2D eigenvalue weighted by atomic mass is 32.1. The summed E-state index contributed by atoms with van der Waals surface area (Å²) in [5.41, 5.74) is 0.940. The molecule has 1 fully saturated rings. The summed E-state index contributed by atoms with van der Waals surface area (Å²) < 4.78 is 10.5. The molecular weight excluding hydrogens is 380 g/mol. The fourth-order valence-electron chi connectivity index (χ4n) is 2.70. The summed E-state index contributed by atoms with van der Waals surface area (Å²) in [6.07, 6.45) is 1.42. The van der Waals surface area contributed by atoms with E-state index in [9.17, 15) is 14.7 Å². The molecule has 0 radical (unpaired) electrons. The Bertz CT molecular complexity index is 969. The number of anilines is 1. The van der Waals surface area contributed by atoms with Crippen molar-refractivity contribution in [2.24, 2.45) is 0 Å². The van der Waals surface area contributed by atoms with Gasteiger partial charge < -0.3 is 14.6 Å². The second kappa shape index (κ2) is 8.10. The van der Waals surface area contributed by atoms with Gasteiger partial charge in [-0.3, -0.25) is 19.8 Å². The molecule has 0 saturated carbocycles. The van der Waals surface area contributed by atoms with Gasteiger partial charge in [-0.2, -0.15) is 0 Å². The van der Waals surface area contributed by atoms with Gasteiger partial charge in [0.1, 0.15) is 11.3 Å². The Kier molecular flexibility index (Phi) is 5.60. The highest BCUT2D eigenvalue weighted by molar-refractivity contribution is 7.80. The van der Waals surface area contributed by atoms with Crippen LogP contribution in [0.1, 0.15) is 12.5 Å². The lowest BCUT2D eigenvalue weighted by Crippen LogP contribution is -2.54. The predicted molar refractivity (Wildman–Crippen MR) is 108 cm³/mol. The molecule has 1 aliphatic heterocycles. The number of phenolic OH excluding ortho intramolecular Hbond substituents is 1. The molecule has 2 aromatic carbocycles. The van der Waals surface area contributed by atoms with Crippen molar-refractivity contribution in [3.8, 4) is 17.2 Å². The number of benzene rings is 2. The molecule has 1 heterocycles. The first-order valence-electron chi connectivity index (χ1n) is 8.46. The molecule has 8 heteroatoms. The maximum absolute atomic E-state index is 13.0. The van der Waals surface area contributed by atoms with Crippen molar-refractivity contribution >= 4 is 40.9 Å². The Hall–Kier alpha value is -3.39. The third-order valence-corrected chi connectivity index (χ3v) is 4.31. The van der Waals surface area contributed by atoms with E-state index >= 15 is 0 Å². The monoisotopic (exact) mass is 398 g/mol. The third-order valence-electron chi connectivity index (χ3n) is 4.02. The molecule has 1 aliphatic rings. The highest BCUT2D eigenvalue weighted by Gasteiger charge is 2.34. The number of hydrogen-bond donors (Lipinski definition) is 2. The molecule has 0 spiro atoms. The van der Waals surface area contributed by atoms with Gasteiger partial charge in [-0.1, -0.05) is 6.07 Å². The molecule has 0 bridgehead atoms. The zero-order valence-corrected chi connectivity index (χ0v) is 16.1. The van der Waals surface area contributed by atoms with Crippen LogP contribution in [0.3, 0.4) is 0 Å². The first-order chi connectivity index (χ1) is 13.4. The predicted octanol–water partition coefficient (Wildman–Crippen LogP) is 2.63. The van der Waals surface area contributed by atoms with Gasteiger partial charge >= 0.3 is 0 Å². The number of aromatic hydroxyl groups is 1. The lowest BCUT2D eigenvalue weighted by molar-refractivity contribution is -0.122. The zero-order chi connectivity index (χ0) is 20.3. The summed E-state index contributed by atoms with van der Waals surface area (Å²) in [5.74, 6) is -0.287. The van der Waals surface area contributed by atoms with Crippen LogP contribution >= 0.6 is 12.2 Å². The number of methoxy groups -OCH3 is 1. The average molecular weight is 398 g/mol. The van der Waals surface area contributed by atoms with Crippen molar-refractivity contribution in [3.05, 3.63) is 53.6 Å². The van der Waals surface area contributed by atoms with Crippen LogP contribution in [-0.2, 0) is 9.59 Å². The number of amides is 2. The van der Waals surface area contributed by atoms with Gasteiger partial charge in [0.25, 0.3) is 11.8 Å². The van der Waals surface area contributed by atoms with Gasteiger partial charge in [0.2, 0.25) is 0 Å². The Labute approximate surface area is 167 Å². The third kappa shape index (κ3) is 3.81. The van der Waals surface area contributed by atoms with E-state index < -0.39 is 11.8 Å². The number of hydrogen-bond acceptors (Lipinski definition) is 6. The first-order valence-corrected chi connectivity index (χ1v) is 8.86. The molecule has 2 aromatic rings. The van der Waals surface area contributed by atoms with Crippen LogP contribution in [0, 0.1) is 0 Å². The summed E-state index contributed by atoms with van der Waals surface area (Å²) >= 11 is 5.18. The second-order valence-electron chi connectivity index (χ2n) is 5.82. The van der Waals surface area contributed by atoms with Crippen molar-refractivity contribution in [2.45, 2.75) is 6.92 Å². The summed E-state index contributed by atoms with van der Waals surface area (Å²) in [6, 6.07) is 11.3. The number of rotatable bonds is 5. The first kappa shape index (κ1) is 19.4. The Balaban J connectivity index is 1.95. The molecule has 3 rings (SSSR count). The minimum atomic E-state index is -0.593. The summed E-state index contributed by atoms with van der Waals surface area (Å²) in [6.45, 7) is 2.40. The Morgan fingerprint density at radius 1 is 1.18 bits per heavy atom. The minimum Gasteiger partial charge on any atom is -0.504 e. The van der Waals surface area contributed by atoms with E-state index in [0.717, 1.165) is 0 Å². The largest absolute Gasteiger partial charge is 0.504 e. The van der Waals surface area contributed by atoms with Crippen molar-refractivity contribution in [1.29, 1.82) is 0 Å². The number of thiocarbonyl (C=S) groups is 1. The molecule has 7 nitrogen and oxygen atoms in total. The van der Waals surface area contributed by atoms with Crippen LogP contribution in [0.4, 0.5) is 5.69 Å². The molecule has 28 heavy (non-hydrogen) atoms. The molecule has 0 aromatic heterocycles. The number of nitrogens with zero attached hydrogens (tertiary/aromatic N) is 1. The molecule has 0 atom stereocenters. The standard InChI is InChI=1S/C20H18N2O5S/c1-3-27-14-7-5-13(6-8-14)22-19(25)15(18(24)21-20(22)28)10-12-4-9-16(23)17(11-12)26-2/h4-11,23H,3H2,1-2H3,(H,21,24,28). The summed E-state index contributed by atoms with van der Waals surface area (Å²) in [4.78, 5) is 26.6. The lowest BCUT2D eigenvalue weighted by atomic mass is 10.1. The van der Waals surface area contributed by atoms with Crippen LogP contribution in [0.15, 0.2) is 48.0 Å². The number of nitrogens with one attached hydrogen (secondary N) is 1. The van der Waals surface area contributed by atoms with E-state index in [0.29, 0.717) is 23.6 Å². The maximum atomic E-state index is 13.0. The van der Waals surface area contributed by atoms with Crippen molar-refractivity contribution in [3.63, 3.8) is 0 Å². The molecule has 2 amide bonds. The van der Waals surface area contributed by atoms with Gasteiger partial charge in [-0.05, 0) is 67.2 Å². The van der Waals surface area contributed by atoms with Gasteiger partial charge in [0.05, 0.1) is 19.4 Å². The number of carbonyl (C=O) groups excluding carboxylic acids is 2. The molecule has 144 valence electrons. The summed E-state index contributed by atoms with van der Waals surface area (Å²) in [5, 5.41) is 12.2. The van der Waals surface area contributed by atoms with Crippen molar-refractivity contribution in [1.82, 2.24) is 5.32 Å². The van der Waals surface area contributed by atoms with Crippen LogP contribution in [-0.4, -0.2) is 35.8 Å². The van der Waals surface area contributed by atoms with E-state index in [1.807, 2.05) is 6.92 Å². The Morgan fingerprint density at radius 2 is 1.89 bits per heavy atom. The highest BCUT2D eigenvalue weighted by Crippen LogP contribution is 2.29. The number of ether oxygens (including phenoxy) is 2. The van der Waals surface area contributed by atoms with Gasteiger partial charge in [-0.25, -0.2) is 0 Å². The number of carbonyl (C=O) groups is 2. The number of phenols is 1. The van der Waals surface area contributed by atoms with Crippen molar-refractivity contribution < 1.29 is 24.2 Å². The molecule has 2 N–H and O–H groups in total. The van der Waals surface area contributed by atoms with E-state index in [-0.39, 0.29) is 22.2 Å². The van der Waals surface area contributed by atoms with E-state index in [1.165, 1.54) is 30.2 Å². The molecular formula is C20H18N2O5S. The maximum Gasteiger partial charge on any atom is 0.270 e. The Morgan fingerprint density at radius 3 is 2.54 bits per heavy atom. The SMILES string of the molecule is CCOc1ccc(N2C(=O)C(=Cc3ccc(O)c(OC)c3)C(=O)NC2=S)cc1. The van der Waals surface area contributed by atoms with Crippen LogP contribution in [0.25, 0.3) is 6.08 Å². The van der Waals surface area contributed by atoms with Crippen LogP contribution in [0.2, 0.25) is 0 Å². The van der Waals surface area contributed by atoms with E-state index in [1.54, 1.807) is 30.3 Å². The fraction of sp³-hybridized carbons (Fsp3) is 0.150. The second-order valence-corrected chi connectivity index (χ2v) is 6.20. The van der Waals surface area contributed by atoms with Crippen molar-refractivity contribution in [2.75, 3.05) is 18.6 Å². The minimum absolute atomic E-state index is 0.000374. The molecule has 0 aliphatic carbocycles. The smallest absolute Gasteiger partial charge is 0.270 e.